The van der Waals surface area contributed by atoms with E-state index in [1.807, 2.05) is 0 Å². The second-order valence-corrected chi connectivity index (χ2v) is 7.85. The van der Waals surface area contributed by atoms with Gasteiger partial charge in [-0.3, -0.25) is 4.79 Å². The van der Waals surface area contributed by atoms with Gasteiger partial charge in [0.05, 0.1) is 5.56 Å². The summed E-state index contributed by atoms with van der Waals surface area (Å²) in [5.74, 6) is 0.425. The quantitative estimate of drug-likeness (QED) is 0.811. The molecule has 126 valence electrons. The number of nitrogens with one attached hydrogen (secondary N) is 1. The Bertz CT molecular complexity index is 867. The molecule has 1 aromatic carbocycles. The second-order valence-electron chi connectivity index (χ2n) is 5.97. The van der Waals surface area contributed by atoms with Crippen molar-refractivity contribution in [2.24, 2.45) is 0 Å². The molecule has 1 atom stereocenters. The van der Waals surface area contributed by atoms with E-state index in [1.54, 1.807) is 38.1 Å². The minimum atomic E-state index is -3.74. The van der Waals surface area contributed by atoms with Gasteiger partial charge in [-0.2, -0.15) is 0 Å². The van der Waals surface area contributed by atoms with Gasteiger partial charge in [0.1, 0.15) is 24.5 Å². The third-order valence-electron chi connectivity index (χ3n) is 4.21. The first kappa shape index (κ1) is 15.3. The lowest BCUT2D eigenvalue weighted by Crippen LogP contribution is -2.76. The van der Waals surface area contributed by atoms with E-state index in [9.17, 15) is 13.6 Å². The Morgan fingerprint density at radius 1 is 1.33 bits per heavy atom. The number of aryl methyl sites for hydroxylation is 2. The van der Waals surface area contributed by atoms with Crippen molar-refractivity contribution < 1.29 is 22.8 Å². The molecule has 1 unspecified atom stereocenters. The van der Waals surface area contributed by atoms with Gasteiger partial charge in [0.25, 0.3) is 5.91 Å². The number of hydrogen-bond donors (Lipinski definition) is 1. The summed E-state index contributed by atoms with van der Waals surface area (Å²) in [6.45, 7) is 3.19. The number of carbonyl (C=O) groups excluding carboxylic acids is 1. The summed E-state index contributed by atoms with van der Waals surface area (Å²) in [7, 11) is -3.74. The average Bonchev–Trinajstić information content (AvgIpc) is 2.84. The number of ether oxygens (including phenoxy) is 1. The first-order chi connectivity index (χ1) is 11.3. The fourth-order valence-corrected chi connectivity index (χ4v) is 4.89. The van der Waals surface area contributed by atoms with Crippen molar-refractivity contribution in [1.82, 2.24) is 14.8 Å². The maximum Gasteiger partial charge on any atom is 0.258 e. The summed E-state index contributed by atoms with van der Waals surface area (Å²) < 4.78 is 37.5. The van der Waals surface area contributed by atoms with Crippen molar-refractivity contribution in [2.75, 3.05) is 13.1 Å². The molecule has 2 aliphatic rings. The highest BCUT2D eigenvalue weighted by molar-refractivity contribution is 7.95. The molecular weight excluding hydrogens is 334 g/mol. The molecule has 2 aromatic rings. The number of rotatable bonds is 2. The summed E-state index contributed by atoms with van der Waals surface area (Å²) in [4.78, 5) is 12.3. The molecule has 24 heavy (non-hydrogen) atoms. The van der Waals surface area contributed by atoms with Crippen LogP contribution in [0.15, 0.2) is 33.7 Å². The molecule has 1 saturated heterocycles. The molecule has 0 aliphatic carbocycles. The lowest BCUT2D eigenvalue weighted by molar-refractivity contribution is -0.0658. The van der Waals surface area contributed by atoms with E-state index in [4.69, 9.17) is 9.26 Å². The van der Waals surface area contributed by atoms with Crippen LogP contribution in [0.25, 0.3) is 0 Å². The maximum atomic E-state index is 12.7. The summed E-state index contributed by atoms with van der Waals surface area (Å²) in [5, 5.41) is 6.44. The van der Waals surface area contributed by atoms with Crippen LogP contribution in [0.2, 0.25) is 0 Å². The van der Waals surface area contributed by atoms with Crippen LogP contribution in [-0.4, -0.2) is 38.7 Å². The van der Waals surface area contributed by atoms with Gasteiger partial charge in [0.2, 0.25) is 10.6 Å². The first-order valence-corrected chi connectivity index (χ1v) is 8.80. The van der Waals surface area contributed by atoms with E-state index in [1.165, 1.54) is 4.31 Å². The monoisotopic (exact) mass is 349 g/mol. The highest BCUT2D eigenvalue weighted by Crippen LogP contribution is 2.38. The topological polar surface area (TPSA) is 108 Å². The Kier molecular flexibility index (Phi) is 3.11. The van der Waals surface area contributed by atoms with Gasteiger partial charge < -0.3 is 19.1 Å². The van der Waals surface area contributed by atoms with Gasteiger partial charge in [-0.25, -0.2) is 0 Å². The smallest absolute Gasteiger partial charge is 0.258 e. The number of carbonyl (C=O) groups is 1. The maximum absolute atomic E-state index is 12.7. The molecule has 0 saturated carbocycles. The number of amides is 1. The van der Waals surface area contributed by atoms with Gasteiger partial charge in [-0.15, -0.1) is 4.31 Å². The van der Waals surface area contributed by atoms with Crippen LogP contribution in [0.1, 0.15) is 21.8 Å². The summed E-state index contributed by atoms with van der Waals surface area (Å²) in [6, 6.07) is 6.87. The lowest BCUT2D eigenvalue weighted by atomic mass is 10.0. The molecular formula is C15H15N3O5S. The standard InChI is InChI=1S/C15H15N3O5S/c1-9-13(10(2)23-17-9)24(20,21)18-7-15(8-18)16-14(19)11-5-3-4-6-12(11)22-15/h3-6H,7-8H2,1-2H3,(H-,16,19,20,21). The van der Waals surface area contributed by atoms with E-state index in [2.05, 4.69) is 10.5 Å². The van der Waals surface area contributed by atoms with E-state index in [-0.39, 0.29) is 29.7 Å². The molecule has 8 nitrogen and oxygen atoms in total. The fraction of sp³-hybridized carbons (Fsp3) is 0.333. The number of aromatic nitrogens is 1. The predicted molar refractivity (Wildman–Crippen MR) is 81.9 cm³/mol. The van der Waals surface area contributed by atoms with Crippen molar-refractivity contribution in [3.63, 3.8) is 0 Å². The number of fused-ring (bicyclic) bond motifs is 1. The predicted octanol–water partition coefficient (Wildman–Crippen LogP) is 1.03. The van der Waals surface area contributed by atoms with E-state index in [0.29, 0.717) is 17.0 Å². The minimum absolute atomic E-state index is 0.0272. The Hall–Kier alpha value is -2.23. The molecule has 0 bridgehead atoms. The van der Waals surface area contributed by atoms with Crippen molar-refractivity contribution in [3.8, 4) is 5.75 Å². The molecule has 1 fully saturated rings. The number of nitrogens with zero attached hydrogens (tertiary/aromatic N) is 2. The van der Waals surface area contributed by atoms with E-state index < -0.39 is 16.1 Å². The first-order valence-electron chi connectivity index (χ1n) is 7.36. The summed E-state index contributed by atoms with van der Waals surface area (Å²) >= 11 is 0. The zero-order chi connectivity index (χ0) is 17.1. The molecule has 9 heteroatoms. The molecule has 0 radical (unpaired) electrons. The van der Waals surface area contributed by atoms with E-state index >= 15 is 0 Å². The van der Waals surface area contributed by atoms with Crippen LogP contribution in [0.5, 0.6) is 5.75 Å². The van der Waals surface area contributed by atoms with Gasteiger partial charge in [-0.05, 0) is 19.1 Å². The van der Waals surface area contributed by atoms with Crippen LogP contribution in [-0.2, 0) is 14.6 Å². The van der Waals surface area contributed by atoms with Crippen LogP contribution >= 0.6 is 0 Å². The third kappa shape index (κ3) is 2.09. The Balaban J connectivity index is 1.59. The SMILES string of the molecule is Cc1noc(C)c1[S+](=O)([O-])N1CC2(C1)NC(=O)c1ccccc1O2. The Labute approximate surface area is 139 Å². The molecule has 1 N–H and O–H groups in total. The molecule has 1 amide bonds. The largest absolute Gasteiger partial charge is 0.593 e. The van der Waals surface area contributed by atoms with Crippen LogP contribution in [0.4, 0.5) is 0 Å². The summed E-state index contributed by atoms with van der Waals surface area (Å²) in [5.41, 5.74) is -0.278. The molecule has 1 aromatic heterocycles. The summed E-state index contributed by atoms with van der Waals surface area (Å²) in [6.07, 6.45) is 0. The van der Waals surface area contributed by atoms with Gasteiger partial charge in [0.15, 0.2) is 16.2 Å². The number of benzene rings is 1. The Morgan fingerprint density at radius 2 is 2.04 bits per heavy atom. The van der Waals surface area contributed by atoms with Crippen LogP contribution in [0.3, 0.4) is 0 Å². The molecule has 3 heterocycles. The van der Waals surface area contributed by atoms with Crippen molar-refractivity contribution in [1.29, 1.82) is 0 Å². The lowest BCUT2D eigenvalue weighted by Gasteiger charge is -2.50. The number of hydrogen-bond acceptors (Lipinski definition) is 6. The van der Waals surface area contributed by atoms with E-state index in [0.717, 1.165) is 0 Å². The second kappa shape index (κ2) is 4.88. The molecule has 1 spiro atoms. The van der Waals surface area contributed by atoms with Crippen molar-refractivity contribution >= 4 is 16.3 Å². The fourth-order valence-electron chi connectivity index (χ4n) is 3.06. The Morgan fingerprint density at radius 3 is 2.71 bits per heavy atom. The van der Waals surface area contributed by atoms with Crippen LogP contribution in [0, 0.1) is 13.8 Å². The third-order valence-corrected chi connectivity index (χ3v) is 6.24. The van der Waals surface area contributed by atoms with Gasteiger partial charge in [0, 0.05) is 6.92 Å². The number of para-hydroxylation sites is 1. The number of sulfonamides is 1. The highest BCUT2D eigenvalue weighted by atomic mass is 32.3. The van der Waals surface area contributed by atoms with Crippen molar-refractivity contribution in [2.45, 2.75) is 24.5 Å². The van der Waals surface area contributed by atoms with Crippen LogP contribution < -0.4 is 10.1 Å². The minimum Gasteiger partial charge on any atom is -0.593 e. The van der Waals surface area contributed by atoms with Crippen molar-refractivity contribution in [3.05, 3.63) is 41.3 Å². The molecule has 2 aliphatic heterocycles. The van der Waals surface area contributed by atoms with Gasteiger partial charge in [-0.1, -0.05) is 21.5 Å². The van der Waals surface area contributed by atoms with Gasteiger partial charge >= 0.3 is 0 Å². The zero-order valence-electron chi connectivity index (χ0n) is 13.1. The zero-order valence-corrected chi connectivity index (χ0v) is 13.9. The average molecular weight is 349 g/mol. The normalized spacial score (nSPS) is 21.4. The highest BCUT2D eigenvalue weighted by Gasteiger charge is 2.57. The molecule has 4 rings (SSSR count).